The number of nitrogens with one attached hydrogen (secondary N) is 1. The van der Waals surface area contributed by atoms with Gasteiger partial charge in [0.15, 0.2) is 0 Å². The van der Waals surface area contributed by atoms with Crippen molar-refractivity contribution in [3.63, 3.8) is 0 Å². The van der Waals surface area contributed by atoms with Gasteiger partial charge in [-0.2, -0.15) is 0 Å². The van der Waals surface area contributed by atoms with Crippen molar-refractivity contribution in [1.29, 1.82) is 0 Å². The van der Waals surface area contributed by atoms with E-state index in [0.29, 0.717) is 22.0 Å². The van der Waals surface area contributed by atoms with E-state index in [-0.39, 0.29) is 16.3 Å². The van der Waals surface area contributed by atoms with E-state index >= 15 is 0 Å². The second kappa shape index (κ2) is 7.49. The Morgan fingerprint density at radius 2 is 1.82 bits per heavy atom. The lowest BCUT2D eigenvalue weighted by molar-refractivity contribution is -0.384. The fourth-order valence-electron chi connectivity index (χ4n) is 2.70. The minimum Gasteiger partial charge on any atom is -0.377 e. The van der Waals surface area contributed by atoms with Crippen molar-refractivity contribution in [1.82, 2.24) is 5.43 Å². The van der Waals surface area contributed by atoms with E-state index in [1.54, 1.807) is 25.1 Å². The van der Waals surface area contributed by atoms with Crippen molar-refractivity contribution in [2.45, 2.75) is 0 Å². The number of non-ortho nitro benzene ring substituents is 1. The molecule has 1 aliphatic rings. The molecule has 2 aromatic rings. The third-order valence-electron chi connectivity index (χ3n) is 4.06. The molecule has 0 radical (unpaired) electrons. The minimum atomic E-state index is -0.632. The molecule has 8 nitrogen and oxygen atoms in total. The average molecular weight is 421 g/mol. The largest absolute Gasteiger partial charge is 0.377 e. The van der Waals surface area contributed by atoms with Gasteiger partial charge < -0.3 is 4.90 Å². The van der Waals surface area contributed by atoms with Crippen molar-refractivity contribution in [3.8, 4) is 0 Å². The van der Waals surface area contributed by atoms with E-state index < -0.39 is 16.7 Å². The standard InChI is InChI=1S/C18H14Cl2N4O4/c1-22(2)16-6-4-12(24(27)28)7-10(16)8-13-17(25)21-23(18(13)26)11-3-5-14(19)15(20)9-11/h3-9H,1-2H3,(H,21,25). The Morgan fingerprint density at radius 3 is 2.43 bits per heavy atom. The lowest BCUT2D eigenvalue weighted by Crippen LogP contribution is -2.35. The summed E-state index contributed by atoms with van der Waals surface area (Å²) in [6.45, 7) is 0. The molecule has 0 saturated carbocycles. The number of benzene rings is 2. The molecule has 10 heteroatoms. The maximum Gasteiger partial charge on any atom is 0.282 e. The quantitative estimate of drug-likeness (QED) is 0.353. The molecule has 2 amide bonds. The van der Waals surface area contributed by atoms with Crippen molar-refractivity contribution in [2.24, 2.45) is 0 Å². The highest BCUT2D eigenvalue weighted by Crippen LogP contribution is 2.31. The third kappa shape index (κ3) is 3.64. The Bertz CT molecular complexity index is 1040. The number of hydrogen-bond acceptors (Lipinski definition) is 5. The van der Waals surface area contributed by atoms with Gasteiger partial charge in [-0.25, -0.2) is 5.01 Å². The smallest absolute Gasteiger partial charge is 0.282 e. The molecule has 0 aromatic heterocycles. The number of carbonyl (C=O) groups is 2. The van der Waals surface area contributed by atoms with Gasteiger partial charge in [-0.1, -0.05) is 23.2 Å². The number of hydrogen-bond donors (Lipinski definition) is 1. The third-order valence-corrected chi connectivity index (χ3v) is 4.80. The van der Waals surface area contributed by atoms with Gasteiger partial charge in [0.05, 0.1) is 20.7 Å². The van der Waals surface area contributed by atoms with Crippen LogP contribution in [0.1, 0.15) is 5.56 Å². The van der Waals surface area contributed by atoms with E-state index in [1.807, 2.05) is 0 Å². The number of halogens is 2. The first-order chi connectivity index (χ1) is 13.2. The number of anilines is 2. The van der Waals surface area contributed by atoms with E-state index in [2.05, 4.69) is 5.43 Å². The van der Waals surface area contributed by atoms with Crippen LogP contribution in [0.4, 0.5) is 17.1 Å². The molecule has 28 heavy (non-hydrogen) atoms. The van der Waals surface area contributed by atoms with Crippen LogP contribution in [-0.4, -0.2) is 30.8 Å². The fraction of sp³-hybridized carbons (Fsp3) is 0.111. The summed E-state index contributed by atoms with van der Waals surface area (Å²) in [4.78, 5) is 37.4. The SMILES string of the molecule is CN(C)c1ccc([N+](=O)[O-])cc1C=C1C(=O)NN(c2ccc(Cl)c(Cl)c2)C1=O. The van der Waals surface area contributed by atoms with Crippen LogP contribution in [0.3, 0.4) is 0 Å². The maximum atomic E-state index is 12.8. The summed E-state index contributed by atoms with van der Waals surface area (Å²) in [5.74, 6) is -1.24. The van der Waals surface area contributed by atoms with Crippen LogP contribution in [0, 0.1) is 10.1 Å². The second-order valence-corrected chi connectivity index (χ2v) is 6.95. The highest BCUT2D eigenvalue weighted by atomic mass is 35.5. The first-order valence-electron chi connectivity index (χ1n) is 7.97. The molecule has 1 saturated heterocycles. The highest BCUT2D eigenvalue weighted by molar-refractivity contribution is 6.42. The molecule has 1 N–H and O–H groups in total. The summed E-state index contributed by atoms with van der Waals surface area (Å²) < 4.78 is 0. The van der Waals surface area contributed by atoms with Crippen molar-refractivity contribution >= 4 is 58.2 Å². The summed E-state index contributed by atoms with van der Waals surface area (Å²) >= 11 is 11.9. The van der Waals surface area contributed by atoms with Crippen LogP contribution >= 0.6 is 23.2 Å². The van der Waals surface area contributed by atoms with Crippen LogP contribution in [0.5, 0.6) is 0 Å². The van der Waals surface area contributed by atoms with Crippen molar-refractivity contribution in [2.75, 3.05) is 24.0 Å². The van der Waals surface area contributed by atoms with Gasteiger partial charge >= 0.3 is 0 Å². The Balaban J connectivity index is 2.04. The molecular formula is C18H14Cl2N4O4. The number of amides is 2. The lowest BCUT2D eigenvalue weighted by Gasteiger charge is -2.16. The van der Waals surface area contributed by atoms with Crippen molar-refractivity contribution < 1.29 is 14.5 Å². The number of hydrazine groups is 1. The number of nitro benzene ring substituents is 1. The lowest BCUT2D eigenvalue weighted by atomic mass is 10.1. The molecular weight excluding hydrogens is 407 g/mol. The summed E-state index contributed by atoms with van der Waals surface area (Å²) in [5, 5.41) is 12.7. The topological polar surface area (TPSA) is 95.8 Å². The molecule has 144 valence electrons. The van der Waals surface area contributed by atoms with E-state index in [4.69, 9.17) is 23.2 Å². The molecule has 1 fully saturated rings. The maximum absolute atomic E-state index is 12.8. The highest BCUT2D eigenvalue weighted by Gasteiger charge is 2.35. The van der Waals surface area contributed by atoms with E-state index in [1.165, 1.54) is 36.4 Å². The molecule has 0 bridgehead atoms. The molecule has 1 aliphatic heterocycles. The molecule has 3 rings (SSSR count). The predicted molar refractivity (Wildman–Crippen MR) is 107 cm³/mol. The van der Waals surface area contributed by atoms with Crippen LogP contribution < -0.4 is 15.3 Å². The molecule has 0 aliphatic carbocycles. The van der Waals surface area contributed by atoms with E-state index in [0.717, 1.165) is 5.01 Å². The van der Waals surface area contributed by atoms with Crippen molar-refractivity contribution in [3.05, 3.63) is 67.7 Å². The van der Waals surface area contributed by atoms with Crippen LogP contribution in [0.2, 0.25) is 10.0 Å². The van der Waals surface area contributed by atoms with Crippen LogP contribution in [0.25, 0.3) is 6.08 Å². The van der Waals surface area contributed by atoms with Gasteiger partial charge in [-0.3, -0.25) is 25.1 Å². The zero-order valence-corrected chi connectivity index (χ0v) is 16.3. The number of nitro groups is 1. The van der Waals surface area contributed by atoms with Gasteiger partial charge in [-0.15, -0.1) is 0 Å². The monoisotopic (exact) mass is 420 g/mol. The number of carbonyl (C=O) groups excluding carboxylic acids is 2. The first kappa shape index (κ1) is 19.7. The predicted octanol–water partition coefficient (Wildman–Crippen LogP) is 3.43. The Kier molecular flexibility index (Phi) is 5.26. The zero-order valence-electron chi connectivity index (χ0n) is 14.8. The normalized spacial score (nSPS) is 15.1. The molecule has 0 unspecified atom stereocenters. The van der Waals surface area contributed by atoms with Gasteiger partial charge in [0.25, 0.3) is 17.5 Å². The number of nitrogens with zero attached hydrogens (tertiary/aromatic N) is 3. The van der Waals surface area contributed by atoms with Crippen LogP contribution in [0.15, 0.2) is 42.0 Å². The summed E-state index contributed by atoms with van der Waals surface area (Å²) in [6.07, 6.45) is 1.33. The fourth-order valence-corrected chi connectivity index (χ4v) is 2.99. The van der Waals surface area contributed by atoms with Gasteiger partial charge in [0.2, 0.25) is 0 Å². The summed E-state index contributed by atoms with van der Waals surface area (Å²) in [5.41, 5.74) is 3.47. The van der Waals surface area contributed by atoms with Gasteiger partial charge in [0.1, 0.15) is 5.57 Å². The molecule has 0 spiro atoms. The molecule has 2 aromatic carbocycles. The summed E-state index contributed by atoms with van der Waals surface area (Å²) in [7, 11) is 3.50. The zero-order chi connectivity index (χ0) is 20.6. The minimum absolute atomic E-state index is 0.148. The van der Waals surface area contributed by atoms with Crippen LogP contribution in [-0.2, 0) is 9.59 Å². The van der Waals surface area contributed by atoms with E-state index in [9.17, 15) is 19.7 Å². The Hall–Kier alpha value is -3.10. The van der Waals surface area contributed by atoms with Gasteiger partial charge in [0, 0.05) is 37.5 Å². The molecule has 1 heterocycles. The summed E-state index contributed by atoms with van der Waals surface area (Å²) in [6, 6.07) is 8.71. The number of rotatable bonds is 4. The average Bonchev–Trinajstić information content (AvgIpc) is 2.92. The van der Waals surface area contributed by atoms with Gasteiger partial charge in [-0.05, 0) is 30.3 Å². The molecule has 0 atom stereocenters. The second-order valence-electron chi connectivity index (χ2n) is 6.13. The Morgan fingerprint density at radius 1 is 1.11 bits per heavy atom. The first-order valence-corrected chi connectivity index (χ1v) is 8.72. The Labute approximate surface area is 170 Å².